The maximum absolute atomic E-state index is 13.1. The number of morpholine rings is 1. The summed E-state index contributed by atoms with van der Waals surface area (Å²) in [6.45, 7) is 11.9. The van der Waals surface area contributed by atoms with Crippen molar-refractivity contribution in [3.63, 3.8) is 0 Å². The molecular formula is C30H43N5O2. The van der Waals surface area contributed by atoms with Crippen LogP contribution in [0.25, 0.3) is 0 Å². The lowest BCUT2D eigenvalue weighted by molar-refractivity contribution is 0.0939. The molecule has 3 heterocycles. The fraction of sp³-hybridized carbons (Fsp3) is 0.633. The monoisotopic (exact) mass is 505 g/mol. The number of anilines is 2. The zero-order valence-electron chi connectivity index (χ0n) is 22.9. The highest BCUT2D eigenvalue weighted by Crippen LogP contribution is 2.44. The summed E-state index contributed by atoms with van der Waals surface area (Å²) in [5.74, 6) is 3.12. The van der Waals surface area contributed by atoms with E-state index >= 15 is 0 Å². The maximum atomic E-state index is 13.1. The number of benzene rings is 1. The van der Waals surface area contributed by atoms with Crippen LogP contribution in [0.5, 0.6) is 0 Å². The van der Waals surface area contributed by atoms with Crippen LogP contribution in [0.4, 0.5) is 11.5 Å². The van der Waals surface area contributed by atoms with Crippen molar-refractivity contribution in [3.05, 3.63) is 47.4 Å². The van der Waals surface area contributed by atoms with Gasteiger partial charge in [-0.15, -0.1) is 0 Å². The maximum Gasteiger partial charge on any atom is 0.251 e. The Hall–Kier alpha value is -2.67. The Labute approximate surface area is 222 Å². The fourth-order valence-corrected chi connectivity index (χ4v) is 6.54. The van der Waals surface area contributed by atoms with Crippen LogP contribution in [-0.2, 0) is 4.74 Å². The van der Waals surface area contributed by atoms with E-state index in [2.05, 4.69) is 35.0 Å². The van der Waals surface area contributed by atoms with Gasteiger partial charge in [0.25, 0.3) is 5.91 Å². The standard InChI is InChI=1S/C30H43N5O2/c1-5-20(2)28-18-24-8-6-7-9-27(24)35(28)29-19-26(32-22(4)33-29)21(3)31-30(36)23-10-12-25(13-11-23)34-14-16-37-17-15-34/h10-13,19-21,24,27-28H,5-9,14-18H2,1-4H3,(H,31,36)/t20?,21-,24?,27?,28?/m0/s1. The molecule has 2 aromatic rings. The summed E-state index contributed by atoms with van der Waals surface area (Å²) in [5, 5.41) is 3.18. The molecule has 1 amide bonds. The number of rotatable bonds is 7. The largest absolute Gasteiger partial charge is 0.378 e. The first-order valence-corrected chi connectivity index (χ1v) is 14.3. The molecule has 3 fully saturated rings. The molecule has 5 rings (SSSR count). The molecule has 2 aliphatic heterocycles. The number of hydrogen-bond donors (Lipinski definition) is 1. The van der Waals surface area contributed by atoms with Gasteiger partial charge in [-0.05, 0) is 69.2 Å². The minimum Gasteiger partial charge on any atom is -0.378 e. The van der Waals surface area contributed by atoms with E-state index in [1.807, 2.05) is 38.1 Å². The first-order valence-electron chi connectivity index (χ1n) is 14.3. The number of hydrogen-bond acceptors (Lipinski definition) is 6. The second-order valence-corrected chi connectivity index (χ2v) is 11.2. The van der Waals surface area contributed by atoms with Gasteiger partial charge in [-0.25, -0.2) is 9.97 Å². The number of ether oxygens (including phenoxy) is 1. The summed E-state index contributed by atoms with van der Waals surface area (Å²) in [4.78, 5) is 27.7. The molecule has 7 nitrogen and oxygen atoms in total. The number of nitrogens with zero attached hydrogens (tertiary/aromatic N) is 4. The SMILES string of the molecule is CCC(C)C1CC2CCCCC2N1c1cc([C@H](C)NC(=O)c2ccc(N3CCOCC3)cc2)nc(C)n1. The molecule has 7 heteroatoms. The minimum atomic E-state index is -0.210. The topological polar surface area (TPSA) is 70.6 Å². The second kappa shape index (κ2) is 11.4. The van der Waals surface area contributed by atoms with Gasteiger partial charge in [-0.3, -0.25) is 4.79 Å². The van der Waals surface area contributed by atoms with E-state index in [0.717, 1.165) is 55.2 Å². The summed E-state index contributed by atoms with van der Waals surface area (Å²) in [5.41, 5.74) is 2.67. The summed E-state index contributed by atoms with van der Waals surface area (Å²) in [6, 6.07) is 10.9. The van der Waals surface area contributed by atoms with Gasteiger partial charge in [0, 0.05) is 42.5 Å². The number of nitrogens with one attached hydrogen (secondary N) is 1. The molecule has 200 valence electrons. The number of aromatic nitrogens is 2. The molecule has 0 radical (unpaired) electrons. The molecule has 1 aliphatic carbocycles. The van der Waals surface area contributed by atoms with Gasteiger partial charge < -0.3 is 19.9 Å². The van der Waals surface area contributed by atoms with Crippen LogP contribution in [0, 0.1) is 18.8 Å². The highest BCUT2D eigenvalue weighted by atomic mass is 16.5. The van der Waals surface area contributed by atoms with Gasteiger partial charge >= 0.3 is 0 Å². The van der Waals surface area contributed by atoms with Crippen molar-refractivity contribution in [2.24, 2.45) is 11.8 Å². The van der Waals surface area contributed by atoms with Crippen LogP contribution < -0.4 is 15.1 Å². The Bertz CT molecular complexity index is 1070. The molecule has 2 saturated heterocycles. The van der Waals surface area contributed by atoms with Crippen molar-refractivity contribution in [2.45, 2.75) is 84.3 Å². The van der Waals surface area contributed by atoms with Crippen LogP contribution in [0.3, 0.4) is 0 Å². The first-order chi connectivity index (χ1) is 17.9. The van der Waals surface area contributed by atoms with E-state index in [1.165, 1.54) is 38.5 Å². The quantitative estimate of drug-likeness (QED) is 0.551. The molecule has 3 aliphatic rings. The van der Waals surface area contributed by atoms with Crippen LogP contribution in [0.15, 0.2) is 30.3 Å². The van der Waals surface area contributed by atoms with Gasteiger partial charge in [0.15, 0.2) is 0 Å². The van der Waals surface area contributed by atoms with E-state index in [0.29, 0.717) is 23.6 Å². The number of carbonyl (C=O) groups is 1. The van der Waals surface area contributed by atoms with E-state index in [4.69, 9.17) is 14.7 Å². The predicted molar refractivity (Wildman–Crippen MR) is 148 cm³/mol. The number of carbonyl (C=O) groups excluding carboxylic acids is 1. The summed E-state index contributed by atoms with van der Waals surface area (Å²) < 4.78 is 5.45. The van der Waals surface area contributed by atoms with Crippen LogP contribution in [0.1, 0.15) is 87.2 Å². The van der Waals surface area contributed by atoms with Crippen molar-refractivity contribution in [1.29, 1.82) is 0 Å². The van der Waals surface area contributed by atoms with Crippen molar-refractivity contribution in [1.82, 2.24) is 15.3 Å². The van der Waals surface area contributed by atoms with E-state index in [-0.39, 0.29) is 11.9 Å². The van der Waals surface area contributed by atoms with Gasteiger partial charge in [0.05, 0.1) is 24.9 Å². The molecule has 4 unspecified atom stereocenters. The Morgan fingerprint density at radius 2 is 1.84 bits per heavy atom. The third-order valence-electron chi connectivity index (χ3n) is 8.83. The molecule has 1 saturated carbocycles. The van der Waals surface area contributed by atoms with Crippen LogP contribution in [0.2, 0.25) is 0 Å². The van der Waals surface area contributed by atoms with Gasteiger partial charge in [-0.2, -0.15) is 0 Å². The average molecular weight is 506 g/mol. The lowest BCUT2D eigenvalue weighted by atomic mass is 9.84. The third kappa shape index (κ3) is 5.62. The fourth-order valence-electron chi connectivity index (χ4n) is 6.54. The summed E-state index contributed by atoms with van der Waals surface area (Å²) in [7, 11) is 0. The van der Waals surface area contributed by atoms with Crippen LogP contribution >= 0.6 is 0 Å². The molecule has 1 aromatic heterocycles. The van der Waals surface area contributed by atoms with E-state index < -0.39 is 0 Å². The zero-order chi connectivity index (χ0) is 25.9. The van der Waals surface area contributed by atoms with Crippen LogP contribution in [-0.4, -0.2) is 54.3 Å². The summed E-state index contributed by atoms with van der Waals surface area (Å²) in [6.07, 6.45) is 7.69. The van der Waals surface area contributed by atoms with Gasteiger partial charge in [-0.1, -0.05) is 33.1 Å². The molecule has 37 heavy (non-hydrogen) atoms. The molecular weight excluding hydrogens is 462 g/mol. The smallest absolute Gasteiger partial charge is 0.251 e. The molecule has 0 bridgehead atoms. The van der Waals surface area contributed by atoms with E-state index in [9.17, 15) is 4.79 Å². The van der Waals surface area contributed by atoms with Crippen molar-refractivity contribution < 1.29 is 9.53 Å². The Morgan fingerprint density at radius 1 is 1.11 bits per heavy atom. The Balaban J connectivity index is 1.32. The highest BCUT2D eigenvalue weighted by Gasteiger charge is 2.44. The minimum absolute atomic E-state index is 0.0789. The van der Waals surface area contributed by atoms with Crippen molar-refractivity contribution in [3.8, 4) is 0 Å². The van der Waals surface area contributed by atoms with E-state index in [1.54, 1.807) is 0 Å². The molecule has 0 spiro atoms. The lowest BCUT2D eigenvalue weighted by Crippen LogP contribution is -2.42. The lowest BCUT2D eigenvalue weighted by Gasteiger charge is -2.37. The predicted octanol–water partition coefficient (Wildman–Crippen LogP) is 5.30. The second-order valence-electron chi connectivity index (χ2n) is 11.2. The van der Waals surface area contributed by atoms with Crippen molar-refractivity contribution >= 4 is 17.4 Å². The molecule has 1 N–H and O–H groups in total. The zero-order valence-corrected chi connectivity index (χ0v) is 22.9. The Kier molecular flexibility index (Phi) is 7.98. The normalized spacial score (nSPS) is 25.5. The first kappa shape index (κ1) is 26.0. The Morgan fingerprint density at radius 3 is 2.57 bits per heavy atom. The molecule has 5 atom stereocenters. The third-order valence-corrected chi connectivity index (χ3v) is 8.83. The van der Waals surface area contributed by atoms with Gasteiger partial charge in [0.1, 0.15) is 11.6 Å². The number of amides is 1. The number of aryl methyl sites for hydroxylation is 1. The highest BCUT2D eigenvalue weighted by molar-refractivity contribution is 5.94. The average Bonchev–Trinajstić information content (AvgIpc) is 3.32. The number of fused-ring (bicyclic) bond motifs is 1. The molecule has 1 aromatic carbocycles. The summed E-state index contributed by atoms with van der Waals surface area (Å²) >= 11 is 0. The van der Waals surface area contributed by atoms with Crippen molar-refractivity contribution in [2.75, 3.05) is 36.1 Å². The van der Waals surface area contributed by atoms with Gasteiger partial charge in [0.2, 0.25) is 0 Å².